The summed E-state index contributed by atoms with van der Waals surface area (Å²) in [7, 11) is 0. The van der Waals surface area contributed by atoms with Crippen LogP contribution in [0.15, 0.2) is 24.3 Å². The maximum Gasteiger partial charge on any atom is 0.0758 e. The van der Waals surface area contributed by atoms with Crippen molar-refractivity contribution in [2.45, 2.75) is 51.3 Å². The number of benzene rings is 1. The Labute approximate surface area is 116 Å². The van der Waals surface area contributed by atoms with Gasteiger partial charge in [-0.05, 0) is 32.3 Å². The van der Waals surface area contributed by atoms with Crippen LogP contribution in [-0.4, -0.2) is 34.7 Å². The Kier molecular flexibility index (Phi) is 4.29. The molecule has 3 atom stereocenters. The van der Waals surface area contributed by atoms with E-state index in [2.05, 4.69) is 43.0 Å². The molecule has 19 heavy (non-hydrogen) atoms. The third-order valence-electron chi connectivity index (χ3n) is 4.17. The number of hydrogen-bond donors (Lipinski definition) is 2. The topological polar surface area (TPSA) is 49.5 Å². The Morgan fingerprint density at radius 1 is 1.37 bits per heavy atom. The molecule has 3 heteroatoms. The van der Waals surface area contributed by atoms with E-state index < -0.39 is 5.60 Å². The smallest absolute Gasteiger partial charge is 0.0758 e. The van der Waals surface area contributed by atoms with Crippen LogP contribution in [0.5, 0.6) is 0 Å². The van der Waals surface area contributed by atoms with E-state index in [1.165, 1.54) is 11.1 Å². The summed E-state index contributed by atoms with van der Waals surface area (Å²) in [6.45, 7) is 7.76. The molecule has 106 valence electrons. The van der Waals surface area contributed by atoms with Crippen molar-refractivity contribution >= 4 is 0 Å². The Hall–Kier alpha value is -0.900. The van der Waals surface area contributed by atoms with E-state index in [0.717, 1.165) is 19.4 Å². The van der Waals surface area contributed by atoms with Crippen molar-refractivity contribution in [2.24, 2.45) is 5.73 Å². The molecule has 0 bridgehead atoms. The van der Waals surface area contributed by atoms with E-state index in [0.29, 0.717) is 6.54 Å². The van der Waals surface area contributed by atoms with Crippen molar-refractivity contribution in [2.75, 3.05) is 13.1 Å². The fourth-order valence-corrected chi connectivity index (χ4v) is 2.93. The van der Waals surface area contributed by atoms with Gasteiger partial charge in [0.25, 0.3) is 0 Å². The highest BCUT2D eigenvalue weighted by Gasteiger charge is 2.37. The van der Waals surface area contributed by atoms with Gasteiger partial charge in [0.05, 0.1) is 5.60 Å². The second kappa shape index (κ2) is 5.61. The standard InChI is InChI=1S/C16H26N2O/c1-4-14(17)15(13-7-5-12(2)6-8-13)18-10-9-16(3,19)11-18/h5-8,14-15,19H,4,9-11,17H2,1-3H3. The first-order valence-electron chi connectivity index (χ1n) is 7.21. The van der Waals surface area contributed by atoms with Crippen LogP contribution < -0.4 is 5.73 Å². The summed E-state index contributed by atoms with van der Waals surface area (Å²) < 4.78 is 0. The van der Waals surface area contributed by atoms with Gasteiger partial charge in [0.1, 0.15) is 0 Å². The zero-order chi connectivity index (χ0) is 14.0. The van der Waals surface area contributed by atoms with Gasteiger partial charge < -0.3 is 10.8 Å². The van der Waals surface area contributed by atoms with Crippen molar-refractivity contribution < 1.29 is 5.11 Å². The molecule has 0 saturated carbocycles. The molecule has 1 aromatic carbocycles. The molecule has 2 rings (SSSR count). The summed E-state index contributed by atoms with van der Waals surface area (Å²) in [5.41, 5.74) is 8.29. The molecule has 3 unspecified atom stereocenters. The minimum atomic E-state index is -0.573. The number of aliphatic hydroxyl groups is 1. The molecule has 0 spiro atoms. The molecule has 0 radical (unpaired) electrons. The third-order valence-corrected chi connectivity index (χ3v) is 4.17. The summed E-state index contributed by atoms with van der Waals surface area (Å²) in [6, 6.07) is 8.93. The van der Waals surface area contributed by atoms with E-state index in [-0.39, 0.29) is 12.1 Å². The third kappa shape index (κ3) is 3.35. The fourth-order valence-electron chi connectivity index (χ4n) is 2.93. The lowest BCUT2D eigenvalue weighted by atomic mass is 9.95. The van der Waals surface area contributed by atoms with Gasteiger partial charge in [-0.3, -0.25) is 4.90 Å². The highest BCUT2D eigenvalue weighted by atomic mass is 16.3. The molecular weight excluding hydrogens is 236 g/mol. The number of hydrogen-bond acceptors (Lipinski definition) is 3. The first kappa shape index (κ1) is 14.5. The summed E-state index contributed by atoms with van der Waals surface area (Å²) in [4.78, 5) is 2.33. The van der Waals surface area contributed by atoms with Crippen LogP contribution in [0.4, 0.5) is 0 Å². The minimum absolute atomic E-state index is 0.108. The van der Waals surface area contributed by atoms with Crippen LogP contribution in [-0.2, 0) is 0 Å². The molecule has 1 heterocycles. The molecule has 1 aromatic rings. The SMILES string of the molecule is CCC(N)C(c1ccc(C)cc1)N1CCC(C)(O)C1. The monoisotopic (exact) mass is 262 g/mol. The first-order chi connectivity index (χ1) is 8.93. The fraction of sp³-hybridized carbons (Fsp3) is 0.625. The minimum Gasteiger partial charge on any atom is -0.389 e. The van der Waals surface area contributed by atoms with Gasteiger partial charge in [0.2, 0.25) is 0 Å². The van der Waals surface area contributed by atoms with Crippen LogP contribution in [0.1, 0.15) is 43.9 Å². The number of nitrogens with zero attached hydrogens (tertiary/aromatic N) is 1. The van der Waals surface area contributed by atoms with E-state index >= 15 is 0 Å². The zero-order valence-electron chi connectivity index (χ0n) is 12.3. The predicted molar refractivity (Wildman–Crippen MR) is 79.0 cm³/mol. The molecule has 1 fully saturated rings. The molecule has 1 saturated heterocycles. The second-order valence-corrected chi connectivity index (χ2v) is 6.15. The highest BCUT2D eigenvalue weighted by molar-refractivity contribution is 5.25. The summed E-state index contributed by atoms with van der Waals surface area (Å²) in [5.74, 6) is 0. The van der Waals surface area contributed by atoms with Crippen molar-refractivity contribution in [1.29, 1.82) is 0 Å². The number of nitrogens with two attached hydrogens (primary N) is 1. The molecule has 0 amide bonds. The van der Waals surface area contributed by atoms with Crippen LogP contribution in [0.25, 0.3) is 0 Å². The van der Waals surface area contributed by atoms with E-state index in [9.17, 15) is 5.11 Å². The lowest BCUT2D eigenvalue weighted by Crippen LogP contribution is -2.41. The van der Waals surface area contributed by atoms with Gasteiger partial charge in [-0.1, -0.05) is 36.8 Å². The molecular formula is C16H26N2O. The van der Waals surface area contributed by atoms with Crippen molar-refractivity contribution in [3.8, 4) is 0 Å². The average Bonchev–Trinajstić information content (AvgIpc) is 2.72. The summed E-state index contributed by atoms with van der Waals surface area (Å²) in [6.07, 6.45) is 1.77. The Balaban J connectivity index is 2.24. The van der Waals surface area contributed by atoms with Crippen LogP contribution in [0.3, 0.4) is 0 Å². The number of aryl methyl sites for hydroxylation is 1. The molecule has 3 nitrogen and oxygen atoms in total. The van der Waals surface area contributed by atoms with Gasteiger partial charge in [0, 0.05) is 25.2 Å². The van der Waals surface area contributed by atoms with Gasteiger partial charge in [0.15, 0.2) is 0 Å². The van der Waals surface area contributed by atoms with Gasteiger partial charge >= 0.3 is 0 Å². The summed E-state index contributed by atoms with van der Waals surface area (Å²) >= 11 is 0. The van der Waals surface area contributed by atoms with Gasteiger partial charge in [-0.2, -0.15) is 0 Å². The number of rotatable bonds is 4. The molecule has 3 N–H and O–H groups in total. The average molecular weight is 262 g/mol. The van der Waals surface area contributed by atoms with E-state index in [1.54, 1.807) is 0 Å². The van der Waals surface area contributed by atoms with Crippen molar-refractivity contribution in [3.05, 3.63) is 35.4 Å². The second-order valence-electron chi connectivity index (χ2n) is 6.15. The van der Waals surface area contributed by atoms with Gasteiger partial charge in [-0.15, -0.1) is 0 Å². The number of likely N-dealkylation sites (tertiary alicyclic amines) is 1. The molecule has 0 aliphatic carbocycles. The zero-order valence-corrected chi connectivity index (χ0v) is 12.3. The van der Waals surface area contributed by atoms with E-state index in [4.69, 9.17) is 5.73 Å². The van der Waals surface area contributed by atoms with Crippen molar-refractivity contribution in [1.82, 2.24) is 4.90 Å². The first-order valence-corrected chi connectivity index (χ1v) is 7.21. The highest BCUT2D eigenvalue weighted by Crippen LogP contribution is 2.32. The largest absolute Gasteiger partial charge is 0.389 e. The Bertz CT molecular complexity index is 413. The summed E-state index contributed by atoms with van der Waals surface area (Å²) in [5, 5.41) is 10.2. The molecule has 1 aliphatic rings. The lowest BCUT2D eigenvalue weighted by Gasteiger charge is -2.33. The van der Waals surface area contributed by atoms with Crippen LogP contribution in [0, 0.1) is 6.92 Å². The van der Waals surface area contributed by atoms with Crippen LogP contribution in [0.2, 0.25) is 0 Å². The van der Waals surface area contributed by atoms with E-state index in [1.807, 2.05) is 6.92 Å². The van der Waals surface area contributed by atoms with Gasteiger partial charge in [-0.25, -0.2) is 0 Å². The maximum atomic E-state index is 10.2. The normalized spacial score (nSPS) is 27.4. The van der Waals surface area contributed by atoms with Crippen LogP contribution >= 0.6 is 0 Å². The lowest BCUT2D eigenvalue weighted by molar-refractivity contribution is 0.0593. The molecule has 1 aliphatic heterocycles. The predicted octanol–water partition coefficient (Wildman–Crippen LogP) is 2.23. The molecule has 0 aromatic heterocycles. The van der Waals surface area contributed by atoms with Crippen molar-refractivity contribution in [3.63, 3.8) is 0 Å². The Morgan fingerprint density at radius 3 is 2.47 bits per heavy atom. The quantitative estimate of drug-likeness (QED) is 0.875. The number of β-amino-alcohol motifs (C(OH)–C–C–N with tert-alkyl or cyclic N) is 1. The maximum absolute atomic E-state index is 10.2. The Morgan fingerprint density at radius 2 is 2.00 bits per heavy atom.